The standard InChI is InChI=1S/C42H52ClN5O3/c1-28-37(29(2)46(5)45-28)38-35(43)18-17-34-33(13-9-27-50-36-14-8-11-31-10-6-7-12-32(31)36)40(41(49)51-42(3,4)20-19-30-15-16-30)48(39(34)38)26-25-47-23-21-44-22-24-47/h6-8,10-12,14,17-18,30,44H,9,13,15-16,19-27H2,1-5H3. The molecule has 3 heterocycles. The lowest BCUT2D eigenvalue weighted by Gasteiger charge is -2.28. The van der Waals surface area contributed by atoms with Crippen LogP contribution >= 0.6 is 11.6 Å². The first-order chi connectivity index (χ1) is 24.6. The maximum absolute atomic E-state index is 14.7. The number of carbonyl (C=O) groups excluding carboxylic acids is 1. The maximum atomic E-state index is 14.7. The molecule has 1 N–H and O–H groups in total. The van der Waals surface area contributed by atoms with Crippen LogP contribution < -0.4 is 10.1 Å². The van der Waals surface area contributed by atoms with Crippen molar-refractivity contribution in [2.75, 3.05) is 39.3 Å². The molecule has 0 atom stereocenters. The van der Waals surface area contributed by atoms with E-state index >= 15 is 0 Å². The Balaban J connectivity index is 1.31. The zero-order chi connectivity index (χ0) is 35.7. The lowest BCUT2D eigenvalue weighted by atomic mass is 9.98. The average Bonchev–Trinajstić information content (AvgIpc) is 3.85. The molecule has 8 nitrogen and oxygen atoms in total. The Hall–Kier alpha value is -3.85. The minimum absolute atomic E-state index is 0.265. The Kier molecular flexibility index (Phi) is 10.5. The molecule has 1 saturated heterocycles. The minimum Gasteiger partial charge on any atom is -0.493 e. The summed E-state index contributed by atoms with van der Waals surface area (Å²) >= 11 is 7.17. The quantitative estimate of drug-likeness (QED) is 0.0921. The van der Waals surface area contributed by atoms with Gasteiger partial charge >= 0.3 is 5.97 Å². The van der Waals surface area contributed by atoms with Gasteiger partial charge in [0.2, 0.25) is 0 Å². The van der Waals surface area contributed by atoms with Crippen LogP contribution in [0.2, 0.25) is 5.02 Å². The van der Waals surface area contributed by atoms with E-state index in [1.807, 2.05) is 49.0 Å². The second-order valence-electron chi connectivity index (χ2n) is 15.1. The molecule has 1 saturated carbocycles. The van der Waals surface area contributed by atoms with Crippen LogP contribution in [0.25, 0.3) is 32.8 Å². The van der Waals surface area contributed by atoms with Crippen molar-refractivity contribution in [3.05, 3.63) is 82.3 Å². The summed E-state index contributed by atoms with van der Waals surface area (Å²) in [4.78, 5) is 17.2. The highest BCUT2D eigenvalue weighted by atomic mass is 35.5. The molecule has 0 amide bonds. The average molecular weight is 710 g/mol. The van der Waals surface area contributed by atoms with Gasteiger partial charge in [-0.25, -0.2) is 4.79 Å². The largest absolute Gasteiger partial charge is 0.493 e. The molecule has 2 fully saturated rings. The predicted molar refractivity (Wildman–Crippen MR) is 207 cm³/mol. The number of carbonyl (C=O) groups is 1. The van der Waals surface area contributed by atoms with Gasteiger partial charge in [0, 0.05) is 73.9 Å². The number of nitrogens with one attached hydrogen (secondary N) is 1. The molecule has 0 spiro atoms. The Bertz CT molecular complexity index is 2030. The number of aromatic nitrogens is 3. The summed E-state index contributed by atoms with van der Waals surface area (Å²) in [5.41, 5.74) is 5.92. The maximum Gasteiger partial charge on any atom is 0.355 e. The van der Waals surface area contributed by atoms with Crippen molar-refractivity contribution in [3.8, 4) is 16.9 Å². The smallest absolute Gasteiger partial charge is 0.355 e. The van der Waals surface area contributed by atoms with E-state index in [0.717, 1.165) is 113 Å². The number of halogens is 1. The van der Waals surface area contributed by atoms with Gasteiger partial charge in [-0.15, -0.1) is 0 Å². The van der Waals surface area contributed by atoms with Gasteiger partial charge in [0.05, 0.1) is 22.8 Å². The monoisotopic (exact) mass is 709 g/mol. The molecular formula is C42H52ClN5O3. The van der Waals surface area contributed by atoms with Crippen LogP contribution in [0.5, 0.6) is 5.75 Å². The minimum atomic E-state index is -0.578. The number of hydrogen-bond donors (Lipinski definition) is 1. The lowest BCUT2D eigenvalue weighted by Crippen LogP contribution is -2.44. The number of rotatable bonds is 14. The highest BCUT2D eigenvalue weighted by Gasteiger charge is 2.33. The third-order valence-electron chi connectivity index (χ3n) is 10.9. The second-order valence-corrected chi connectivity index (χ2v) is 15.5. The molecule has 5 aromatic rings. The third kappa shape index (κ3) is 7.69. The molecule has 7 rings (SSSR count). The molecule has 270 valence electrons. The molecule has 2 aliphatic rings. The molecule has 0 bridgehead atoms. The molecule has 1 aliphatic carbocycles. The van der Waals surface area contributed by atoms with E-state index in [4.69, 9.17) is 26.2 Å². The topological polar surface area (TPSA) is 73.6 Å². The molecule has 51 heavy (non-hydrogen) atoms. The van der Waals surface area contributed by atoms with E-state index in [-0.39, 0.29) is 5.97 Å². The summed E-state index contributed by atoms with van der Waals surface area (Å²) < 4.78 is 17.0. The second kappa shape index (κ2) is 15.0. The van der Waals surface area contributed by atoms with E-state index in [0.29, 0.717) is 30.3 Å². The molecule has 0 radical (unpaired) electrons. The number of nitrogens with zero attached hydrogens (tertiary/aromatic N) is 4. The first-order valence-electron chi connectivity index (χ1n) is 18.7. The number of fused-ring (bicyclic) bond motifs is 2. The Morgan fingerprint density at radius 3 is 2.49 bits per heavy atom. The van der Waals surface area contributed by atoms with E-state index in [9.17, 15) is 4.79 Å². The number of ether oxygens (including phenoxy) is 2. The van der Waals surface area contributed by atoms with E-state index < -0.39 is 5.60 Å². The van der Waals surface area contributed by atoms with Crippen molar-refractivity contribution in [1.29, 1.82) is 0 Å². The zero-order valence-corrected chi connectivity index (χ0v) is 31.6. The number of benzene rings is 3. The van der Waals surface area contributed by atoms with Crippen LogP contribution in [-0.4, -0.2) is 70.1 Å². The molecular weight excluding hydrogens is 658 g/mol. The van der Waals surface area contributed by atoms with Gasteiger partial charge in [0.25, 0.3) is 0 Å². The van der Waals surface area contributed by atoms with Crippen LogP contribution in [0, 0.1) is 19.8 Å². The van der Waals surface area contributed by atoms with E-state index in [2.05, 4.69) is 59.8 Å². The zero-order valence-electron chi connectivity index (χ0n) is 30.9. The summed E-state index contributed by atoms with van der Waals surface area (Å²) in [6, 6.07) is 18.6. The SMILES string of the molecule is Cc1nn(C)c(C)c1-c1c(Cl)ccc2c(CCCOc3cccc4ccccc34)c(C(=O)OC(C)(C)CCC3CC3)n(CCN3CCNCC3)c12. The van der Waals surface area contributed by atoms with Crippen molar-refractivity contribution in [3.63, 3.8) is 0 Å². The summed E-state index contributed by atoms with van der Waals surface area (Å²) in [6.07, 6.45) is 5.89. The van der Waals surface area contributed by atoms with Crippen molar-refractivity contribution in [1.82, 2.24) is 24.6 Å². The fraction of sp³-hybridized carbons (Fsp3) is 0.476. The number of esters is 1. The molecule has 2 aromatic heterocycles. The van der Waals surface area contributed by atoms with Gasteiger partial charge in [0.1, 0.15) is 17.0 Å². The third-order valence-corrected chi connectivity index (χ3v) is 11.2. The molecule has 3 aromatic carbocycles. The molecule has 9 heteroatoms. The van der Waals surface area contributed by atoms with Crippen LogP contribution in [-0.2, 0) is 24.8 Å². The van der Waals surface area contributed by atoms with Gasteiger partial charge in [-0.2, -0.15) is 5.10 Å². The number of aryl methyl sites for hydroxylation is 3. The summed E-state index contributed by atoms with van der Waals surface area (Å²) in [5, 5.41) is 12.2. The predicted octanol–water partition coefficient (Wildman–Crippen LogP) is 8.51. The van der Waals surface area contributed by atoms with Crippen LogP contribution in [0.1, 0.15) is 73.4 Å². The molecule has 0 unspecified atom stereocenters. The van der Waals surface area contributed by atoms with Crippen molar-refractivity contribution in [2.45, 2.75) is 78.4 Å². The fourth-order valence-corrected chi connectivity index (χ4v) is 8.06. The molecule has 1 aliphatic heterocycles. The van der Waals surface area contributed by atoms with E-state index in [1.54, 1.807) is 0 Å². The summed E-state index contributed by atoms with van der Waals surface area (Å²) in [6.45, 7) is 14.1. The summed E-state index contributed by atoms with van der Waals surface area (Å²) in [7, 11) is 1.97. The fourth-order valence-electron chi connectivity index (χ4n) is 7.81. The van der Waals surface area contributed by atoms with Crippen molar-refractivity contribution in [2.24, 2.45) is 13.0 Å². The van der Waals surface area contributed by atoms with Gasteiger partial charge in [0.15, 0.2) is 0 Å². The van der Waals surface area contributed by atoms with Crippen molar-refractivity contribution >= 4 is 39.2 Å². The normalized spacial score (nSPS) is 15.6. The highest BCUT2D eigenvalue weighted by molar-refractivity contribution is 6.35. The van der Waals surface area contributed by atoms with Crippen LogP contribution in [0.4, 0.5) is 0 Å². The van der Waals surface area contributed by atoms with Crippen molar-refractivity contribution < 1.29 is 14.3 Å². The first kappa shape index (κ1) is 35.5. The van der Waals surface area contributed by atoms with Crippen LogP contribution in [0.3, 0.4) is 0 Å². The van der Waals surface area contributed by atoms with Gasteiger partial charge in [-0.05, 0) is 82.4 Å². The first-order valence-corrected chi connectivity index (χ1v) is 19.1. The van der Waals surface area contributed by atoms with E-state index in [1.165, 1.54) is 12.8 Å². The van der Waals surface area contributed by atoms with Gasteiger partial charge in [-0.1, -0.05) is 66.9 Å². The Labute approximate surface area is 307 Å². The Morgan fingerprint density at radius 2 is 1.75 bits per heavy atom. The van der Waals surface area contributed by atoms with Crippen LogP contribution in [0.15, 0.2) is 54.6 Å². The highest BCUT2D eigenvalue weighted by Crippen LogP contribution is 2.43. The van der Waals surface area contributed by atoms with Gasteiger partial charge in [-0.3, -0.25) is 9.58 Å². The Morgan fingerprint density at radius 1 is 0.980 bits per heavy atom. The van der Waals surface area contributed by atoms with Gasteiger partial charge < -0.3 is 19.4 Å². The number of hydrogen-bond acceptors (Lipinski definition) is 6. The number of piperazine rings is 1. The summed E-state index contributed by atoms with van der Waals surface area (Å²) in [5.74, 6) is 1.38. The lowest BCUT2D eigenvalue weighted by molar-refractivity contribution is -0.00708.